The van der Waals surface area contributed by atoms with Gasteiger partial charge in [-0.25, -0.2) is 0 Å². The molecule has 106 valence electrons. The van der Waals surface area contributed by atoms with Crippen LogP contribution in [0.3, 0.4) is 0 Å². The molecule has 1 aromatic rings. The first-order valence-electron chi connectivity index (χ1n) is 6.85. The maximum atomic E-state index is 12.6. The van der Waals surface area contributed by atoms with E-state index in [-0.39, 0.29) is 18.3 Å². The molecule has 0 aliphatic carbocycles. The third kappa shape index (κ3) is 2.62. The number of hydrogen-bond donors (Lipinski definition) is 1. The maximum absolute atomic E-state index is 12.6. The minimum absolute atomic E-state index is 0. The molecule has 3 rings (SSSR count). The van der Waals surface area contributed by atoms with Gasteiger partial charge in [-0.3, -0.25) is 9.48 Å². The lowest BCUT2D eigenvalue weighted by Gasteiger charge is -2.27. The van der Waals surface area contributed by atoms with Crippen molar-refractivity contribution in [2.24, 2.45) is 0 Å². The van der Waals surface area contributed by atoms with Crippen molar-refractivity contribution < 1.29 is 4.79 Å². The van der Waals surface area contributed by atoms with Gasteiger partial charge in [0.25, 0.3) is 5.91 Å². The van der Waals surface area contributed by atoms with Crippen LogP contribution in [0.15, 0.2) is 12.4 Å². The van der Waals surface area contributed by atoms with Crippen LogP contribution in [0.2, 0.25) is 0 Å². The lowest BCUT2D eigenvalue weighted by atomic mass is 10.1. The molecular weight excluding hydrogens is 264 g/mol. The molecule has 2 bridgehead atoms. The van der Waals surface area contributed by atoms with E-state index >= 15 is 0 Å². The van der Waals surface area contributed by atoms with Gasteiger partial charge in [0.2, 0.25) is 0 Å². The number of amides is 1. The van der Waals surface area contributed by atoms with Crippen molar-refractivity contribution in [2.45, 2.75) is 44.8 Å². The molecule has 2 aliphatic rings. The van der Waals surface area contributed by atoms with Crippen molar-refractivity contribution in [3.05, 3.63) is 18.0 Å². The van der Waals surface area contributed by atoms with Crippen molar-refractivity contribution in [3.63, 3.8) is 0 Å². The Morgan fingerprint density at radius 1 is 1.42 bits per heavy atom. The molecule has 2 saturated heterocycles. The molecule has 0 radical (unpaired) electrons. The molecule has 19 heavy (non-hydrogen) atoms. The van der Waals surface area contributed by atoms with Crippen molar-refractivity contribution in [1.29, 1.82) is 0 Å². The van der Waals surface area contributed by atoms with Crippen molar-refractivity contribution in [2.75, 3.05) is 13.1 Å². The van der Waals surface area contributed by atoms with Gasteiger partial charge < -0.3 is 10.2 Å². The van der Waals surface area contributed by atoms with Crippen LogP contribution in [0.4, 0.5) is 0 Å². The van der Waals surface area contributed by atoms with Gasteiger partial charge in [0.05, 0.1) is 11.8 Å². The molecule has 3 heterocycles. The zero-order valence-electron chi connectivity index (χ0n) is 11.2. The van der Waals surface area contributed by atoms with E-state index in [1.54, 1.807) is 6.20 Å². The molecule has 6 heteroatoms. The number of carbonyl (C=O) groups excluding carboxylic acids is 1. The summed E-state index contributed by atoms with van der Waals surface area (Å²) < 4.78 is 1.81. The molecule has 2 fully saturated rings. The van der Waals surface area contributed by atoms with E-state index in [4.69, 9.17) is 0 Å². The largest absolute Gasteiger partial charge is 0.331 e. The number of hydrogen-bond acceptors (Lipinski definition) is 3. The van der Waals surface area contributed by atoms with Crippen molar-refractivity contribution in [1.82, 2.24) is 20.0 Å². The second kappa shape index (κ2) is 5.92. The normalized spacial score (nSPS) is 25.8. The summed E-state index contributed by atoms with van der Waals surface area (Å²) in [6.45, 7) is 4.80. The second-order valence-corrected chi connectivity index (χ2v) is 5.17. The van der Waals surface area contributed by atoms with Crippen molar-refractivity contribution >= 4 is 18.3 Å². The first-order chi connectivity index (χ1) is 8.79. The van der Waals surface area contributed by atoms with Gasteiger partial charge in [0.1, 0.15) is 0 Å². The van der Waals surface area contributed by atoms with Crippen LogP contribution < -0.4 is 5.32 Å². The van der Waals surface area contributed by atoms with Gasteiger partial charge in [-0.05, 0) is 32.7 Å². The smallest absolute Gasteiger partial charge is 0.257 e. The molecule has 2 unspecified atom stereocenters. The summed E-state index contributed by atoms with van der Waals surface area (Å²) in [6.07, 6.45) is 6.92. The predicted octanol–water partition coefficient (Wildman–Crippen LogP) is 1.29. The highest BCUT2D eigenvalue weighted by molar-refractivity contribution is 5.94. The van der Waals surface area contributed by atoms with Gasteiger partial charge in [-0.1, -0.05) is 0 Å². The van der Waals surface area contributed by atoms with E-state index in [1.807, 2.05) is 17.8 Å². The molecule has 1 N–H and O–H groups in total. The SMILES string of the molecule is CCn1cc(C(=O)N2C3CCNCC2CC3)cn1.Cl. The molecule has 2 aliphatic heterocycles. The first kappa shape index (κ1) is 14.3. The summed E-state index contributed by atoms with van der Waals surface area (Å²) >= 11 is 0. The average Bonchev–Trinajstić information content (AvgIpc) is 2.92. The van der Waals surface area contributed by atoms with Gasteiger partial charge in [-0.2, -0.15) is 5.10 Å². The second-order valence-electron chi connectivity index (χ2n) is 5.17. The Morgan fingerprint density at radius 2 is 2.21 bits per heavy atom. The van der Waals surface area contributed by atoms with Crippen molar-refractivity contribution in [3.8, 4) is 0 Å². The van der Waals surface area contributed by atoms with Gasteiger partial charge in [0, 0.05) is 31.4 Å². The van der Waals surface area contributed by atoms with Crippen LogP contribution in [0, 0.1) is 0 Å². The number of aryl methyl sites for hydroxylation is 1. The first-order valence-corrected chi connectivity index (χ1v) is 6.85. The number of rotatable bonds is 2. The van der Waals surface area contributed by atoms with Crippen LogP contribution in [-0.2, 0) is 6.54 Å². The van der Waals surface area contributed by atoms with Crippen LogP contribution in [-0.4, -0.2) is 45.8 Å². The quantitative estimate of drug-likeness (QED) is 0.890. The molecule has 1 amide bonds. The highest BCUT2D eigenvalue weighted by Crippen LogP contribution is 2.29. The third-order valence-electron chi connectivity index (χ3n) is 4.09. The summed E-state index contributed by atoms with van der Waals surface area (Å²) in [5, 5.41) is 7.61. The van der Waals surface area contributed by atoms with E-state index in [9.17, 15) is 4.79 Å². The Balaban J connectivity index is 0.00000133. The number of halogens is 1. The van der Waals surface area contributed by atoms with Gasteiger partial charge >= 0.3 is 0 Å². The Bertz CT molecular complexity index is 434. The van der Waals surface area contributed by atoms with E-state index in [1.165, 1.54) is 0 Å². The number of aromatic nitrogens is 2. The molecule has 1 aromatic heterocycles. The zero-order valence-corrected chi connectivity index (χ0v) is 12.0. The minimum Gasteiger partial charge on any atom is -0.331 e. The fraction of sp³-hybridized carbons (Fsp3) is 0.692. The Hall–Kier alpha value is -1.07. The van der Waals surface area contributed by atoms with Crippen LogP contribution >= 0.6 is 12.4 Å². The number of nitrogens with one attached hydrogen (secondary N) is 1. The standard InChI is InChI=1S/C13H20N4O.ClH/c1-2-16-9-10(7-15-16)13(18)17-11-3-4-12(17)8-14-6-5-11;/h7,9,11-12,14H,2-6,8H2,1H3;1H. The number of fused-ring (bicyclic) bond motifs is 2. The summed E-state index contributed by atoms with van der Waals surface area (Å²) in [4.78, 5) is 14.7. The average molecular weight is 285 g/mol. The summed E-state index contributed by atoms with van der Waals surface area (Å²) in [5.74, 6) is 0.158. The minimum atomic E-state index is 0. The summed E-state index contributed by atoms with van der Waals surface area (Å²) in [6, 6.07) is 0.789. The topological polar surface area (TPSA) is 50.2 Å². The zero-order chi connectivity index (χ0) is 12.5. The van der Waals surface area contributed by atoms with Gasteiger partial charge in [0.15, 0.2) is 0 Å². The highest BCUT2D eigenvalue weighted by atomic mass is 35.5. The fourth-order valence-electron chi connectivity index (χ4n) is 3.11. The lowest BCUT2D eigenvalue weighted by molar-refractivity contribution is 0.0680. The van der Waals surface area contributed by atoms with Crippen LogP contribution in [0.1, 0.15) is 36.5 Å². The van der Waals surface area contributed by atoms with Crippen LogP contribution in [0.5, 0.6) is 0 Å². The highest BCUT2D eigenvalue weighted by Gasteiger charge is 2.38. The molecule has 0 saturated carbocycles. The fourth-order valence-corrected chi connectivity index (χ4v) is 3.11. The summed E-state index contributed by atoms with van der Waals surface area (Å²) in [7, 11) is 0. The lowest BCUT2D eigenvalue weighted by Crippen LogP contribution is -2.42. The molecular formula is C13H21ClN4O. The Labute approximate surface area is 119 Å². The molecule has 5 nitrogen and oxygen atoms in total. The summed E-state index contributed by atoms with van der Waals surface area (Å²) in [5.41, 5.74) is 0.732. The molecule has 0 aromatic carbocycles. The van der Waals surface area contributed by atoms with E-state index in [0.717, 1.165) is 44.5 Å². The van der Waals surface area contributed by atoms with Crippen LogP contribution in [0.25, 0.3) is 0 Å². The van der Waals surface area contributed by atoms with Gasteiger partial charge in [-0.15, -0.1) is 12.4 Å². The van der Waals surface area contributed by atoms with E-state index in [2.05, 4.69) is 15.3 Å². The monoisotopic (exact) mass is 284 g/mol. The van der Waals surface area contributed by atoms with E-state index in [0.29, 0.717) is 12.1 Å². The number of carbonyl (C=O) groups is 1. The maximum Gasteiger partial charge on any atom is 0.257 e. The predicted molar refractivity (Wildman–Crippen MR) is 75.6 cm³/mol. The number of nitrogens with zero attached hydrogens (tertiary/aromatic N) is 3. The Morgan fingerprint density at radius 3 is 2.95 bits per heavy atom. The molecule has 2 atom stereocenters. The molecule has 0 spiro atoms. The third-order valence-corrected chi connectivity index (χ3v) is 4.09. The van der Waals surface area contributed by atoms with E-state index < -0.39 is 0 Å². The Kier molecular flexibility index (Phi) is 4.47.